The molecule has 0 heterocycles. The Morgan fingerprint density at radius 2 is 2.25 bits per heavy atom. The largest absolute Gasteiger partial charge is 0.364 e. The van der Waals surface area contributed by atoms with Crippen LogP contribution >= 0.6 is 15.9 Å². The van der Waals surface area contributed by atoms with E-state index >= 15 is 0 Å². The van der Waals surface area contributed by atoms with Crippen LogP contribution in [0.25, 0.3) is 0 Å². The van der Waals surface area contributed by atoms with Gasteiger partial charge in [-0.1, -0.05) is 27.8 Å². The third-order valence-corrected chi connectivity index (χ3v) is 2.32. The fourth-order valence-corrected chi connectivity index (χ4v) is 1.48. The van der Waals surface area contributed by atoms with Gasteiger partial charge in [-0.15, -0.1) is 0 Å². The molecule has 16 heavy (non-hydrogen) atoms. The molecule has 1 rings (SSSR count). The Bertz CT molecular complexity index is 398. The third kappa shape index (κ3) is 4.75. The summed E-state index contributed by atoms with van der Waals surface area (Å²) in [5.74, 6) is 5.42. The quantitative estimate of drug-likeness (QED) is 0.677. The predicted molar refractivity (Wildman–Crippen MR) is 65.5 cm³/mol. The van der Waals surface area contributed by atoms with Gasteiger partial charge in [0.1, 0.15) is 12.4 Å². The summed E-state index contributed by atoms with van der Waals surface area (Å²) >= 11 is 3.28. The van der Waals surface area contributed by atoms with Gasteiger partial charge in [0.05, 0.1) is 13.2 Å². The minimum Gasteiger partial charge on any atom is -0.364 e. The molecular formula is C12H13BrFNO. The second kappa shape index (κ2) is 7.39. The van der Waals surface area contributed by atoms with Crippen LogP contribution in [-0.2, 0) is 11.3 Å². The van der Waals surface area contributed by atoms with Gasteiger partial charge >= 0.3 is 0 Å². The van der Waals surface area contributed by atoms with Gasteiger partial charge in [0.15, 0.2) is 0 Å². The Balaban J connectivity index is 2.38. The van der Waals surface area contributed by atoms with Crippen LogP contribution in [0.3, 0.4) is 0 Å². The van der Waals surface area contributed by atoms with Gasteiger partial charge < -0.3 is 10.1 Å². The molecule has 0 atom stereocenters. The fourth-order valence-electron chi connectivity index (χ4n) is 1.07. The SMILES string of the molecule is CNCC#CCOCc1cc(Br)ccc1F. The van der Waals surface area contributed by atoms with Crippen molar-refractivity contribution in [2.75, 3.05) is 20.2 Å². The zero-order chi connectivity index (χ0) is 11.8. The van der Waals surface area contributed by atoms with E-state index in [1.54, 1.807) is 12.1 Å². The molecule has 0 saturated carbocycles. The molecule has 0 unspecified atom stereocenters. The van der Waals surface area contributed by atoms with Crippen molar-refractivity contribution in [1.82, 2.24) is 5.32 Å². The van der Waals surface area contributed by atoms with Gasteiger partial charge in [-0.3, -0.25) is 0 Å². The number of halogens is 2. The van der Waals surface area contributed by atoms with Crippen LogP contribution in [0.2, 0.25) is 0 Å². The van der Waals surface area contributed by atoms with E-state index < -0.39 is 0 Å². The topological polar surface area (TPSA) is 21.3 Å². The molecule has 0 aromatic heterocycles. The van der Waals surface area contributed by atoms with Crippen molar-refractivity contribution in [1.29, 1.82) is 0 Å². The number of ether oxygens (including phenoxy) is 1. The zero-order valence-corrected chi connectivity index (χ0v) is 10.6. The van der Waals surface area contributed by atoms with E-state index in [-0.39, 0.29) is 12.4 Å². The highest BCUT2D eigenvalue weighted by molar-refractivity contribution is 9.10. The van der Waals surface area contributed by atoms with E-state index in [1.165, 1.54) is 6.07 Å². The number of hydrogen-bond acceptors (Lipinski definition) is 2. The van der Waals surface area contributed by atoms with Gasteiger partial charge in [-0.2, -0.15) is 0 Å². The molecule has 1 aromatic carbocycles. The molecule has 0 aliphatic heterocycles. The lowest BCUT2D eigenvalue weighted by molar-refractivity contribution is 0.150. The van der Waals surface area contributed by atoms with Crippen LogP contribution < -0.4 is 5.32 Å². The van der Waals surface area contributed by atoms with Crippen LogP contribution in [0.1, 0.15) is 5.56 Å². The number of rotatable bonds is 4. The van der Waals surface area contributed by atoms with Gasteiger partial charge in [-0.05, 0) is 25.2 Å². The van der Waals surface area contributed by atoms with E-state index in [0.717, 1.165) is 4.47 Å². The summed E-state index contributed by atoms with van der Waals surface area (Å²) in [6.07, 6.45) is 0. The molecule has 0 radical (unpaired) electrons. The Hall–Kier alpha value is -0.890. The second-order valence-corrected chi connectivity index (χ2v) is 4.03. The second-order valence-electron chi connectivity index (χ2n) is 3.11. The normalized spacial score (nSPS) is 9.69. The summed E-state index contributed by atoms with van der Waals surface area (Å²) < 4.78 is 19.3. The van der Waals surface area contributed by atoms with Crippen molar-refractivity contribution in [3.8, 4) is 11.8 Å². The van der Waals surface area contributed by atoms with E-state index in [9.17, 15) is 4.39 Å². The predicted octanol–water partition coefficient (Wildman–Crippen LogP) is 2.33. The maximum absolute atomic E-state index is 13.3. The molecule has 2 nitrogen and oxygen atoms in total. The molecule has 0 aliphatic carbocycles. The van der Waals surface area contributed by atoms with Crippen LogP contribution in [0.5, 0.6) is 0 Å². The summed E-state index contributed by atoms with van der Waals surface area (Å²) in [5, 5.41) is 2.90. The Labute approximate surface area is 103 Å². The number of nitrogens with one attached hydrogen (secondary N) is 1. The van der Waals surface area contributed by atoms with E-state index in [4.69, 9.17) is 4.74 Å². The summed E-state index contributed by atoms with van der Waals surface area (Å²) in [5.41, 5.74) is 0.532. The minimum absolute atomic E-state index is 0.236. The van der Waals surface area contributed by atoms with Gasteiger partial charge in [0.25, 0.3) is 0 Å². The minimum atomic E-state index is -0.258. The first-order valence-electron chi connectivity index (χ1n) is 4.86. The summed E-state index contributed by atoms with van der Waals surface area (Å²) in [6.45, 7) is 1.18. The Morgan fingerprint density at radius 1 is 1.44 bits per heavy atom. The van der Waals surface area contributed by atoms with Crippen LogP contribution in [-0.4, -0.2) is 20.2 Å². The molecule has 0 spiro atoms. The number of benzene rings is 1. The average Bonchev–Trinajstić information content (AvgIpc) is 2.28. The molecule has 86 valence electrons. The monoisotopic (exact) mass is 285 g/mol. The molecule has 0 bridgehead atoms. The lowest BCUT2D eigenvalue weighted by Crippen LogP contribution is -2.05. The highest BCUT2D eigenvalue weighted by atomic mass is 79.9. The highest BCUT2D eigenvalue weighted by Crippen LogP contribution is 2.16. The van der Waals surface area contributed by atoms with Crippen molar-refractivity contribution < 1.29 is 9.13 Å². The average molecular weight is 286 g/mol. The summed E-state index contributed by atoms with van der Waals surface area (Å²) in [4.78, 5) is 0. The molecule has 4 heteroatoms. The molecular weight excluding hydrogens is 273 g/mol. The molecule has 0 fully saturated rings. The van der Waals surface area contributed by atoms with Crippen LogP contribution in [0.4, 0.5) is 4.39 Å². The zero-order valence-electron chi connectivity index (χ0n) is 9.02. The first-order valence-corrected chi connectivity index (χ1v) is 5.65. The molecule has 0 amide bonds. The smallest absolute Gasteiger partial charge is 0.128 e. The van der Waals surface area contributed by atoms with Crippen molar-refractivity contribution in [3.05, 3.63) is 34.1 Å². The van der Waals surface area contributed by atoms with Crippen molar-refractivity contribution >= 4 is 15.9 Å². The standard InChI is InChI=1S/C12H13BrFNO/c1-15-6-2-3-7-16-9-10-8-11(13)4-5-12(10)14/h4-5,8,15H,6-7,9H2,1H3. The third-order valence-electron chi connectivity index (χ3n) is 1.83. The molecule has 0 saturated heterocycles. The number of hydrogen-bond donors (Lipinski definition) is 1. The van der Waals surface area contributed by atoms with Crippen molar-refractivity contribution in [3.63, 3.8) is 0 Å². The first kappa shape index (κ1) is 13.2. The molecule has 1 aromatic rings. The molecule has 1 N–H and O–H groups in total. The lowest BCUT2D eigenvalue weighted by Gasteiger charge is -2.03. The van der Waals surface area contributed by atoms with Crippen LogP contribution in [0, 0.1) is 17.7 Å². The van der Waals surface area contributed by atoms with Gasteiger partial charge in [-0.25, -0.2) is 4.39 Å². The Kier molecular flexibility index (Phi) is 6.09. The van der Waals surface area contributed by atoms with Gasteiger partial charge in [0, 0.05) is 10.0 Å². The summed E-state index contributed by atoms with van der Waals surface area (Å²) in [6, 6.07) is 4.78. The highest BCUT2D eigenvalue weighted by Gasteiger charge is 2.01. The van der Waals surface area contributed by atoms with Crippen molar-refractivity contribution in [2.45, 2.75) is 6.61 Å². The van der Waals surface area contributed by atoms with Crippen LogP contribution in [0.15, 0.2) is 22.7 Å². The van der Waals surface area contributed by atoms with E-state index in [2.05, 4.69) is 33.1 Å². The van der Waals surface area contributed by atoms with E-state index in [0.29, 0.717) is 18.7 Å². The van der Waals surface area contributed by atoms with E-state index in [1.807, 2.05) is 7.05 Å². The maximum Gasteiger partial charge on any atom is 0.128 e. The molecule has 0 aliphatic rings. The summed E-state index contributed by atoms with van der Waals surface area (Å²) in [7, 11) is 1.83. The maximum atomic E-state index is 13.3. The van der Waals surface area contributed by atoms with Gasteiger partial charge in [0.2, 0.25) is 0 Å². The van der Waals surface area contributed by atoms with Crippen molar-refractivity contribution in [2.24, 2.45) is 0 Å². The Morgan fingerprint density at radius 3 is 3.00 bits per heavy atom. The first-order chi connectivity index (χ1) is 7.74. The fraction of sp³-hybridized carbons (Fsp3) is 0.333. The lowest BCUT2D eigenvalue weighted by atomic mass is 10.2.